The molecule has 1 aromatic carbocycles. The van der Waals surface area contributed by atoms with Crippen molar-refractivity contribution in [2.45, 2.75) is 26.8 Å². The minimum Gasteiger partial charge on any atom is -0.377 e. The summed E-state index contributed by atoms with van der Waals surface area (Å²) in [6.45, 7) is 5.87. The summed E-state index contributed by atoms with van der Waals surface area (Å²) >= 11 is 0. The molecular weight excluding hydrogens is 226 g/mol. The van der Waals surface area contributed by atoms with Gasteiger partial charge in [-0.1, -0.05) is 19.9 Å². The van der Waals surface area contributed by atoms with Gasteiger partial charge in [0, 0.05) is 25.5 Å². The van der Waals surface area contributed by atoms with Gasteiger partial charge in [-0.15, -0.1) is 0 Å². The molecule has 1 atom stereocenters. The van der Waals surface area contributed by atoms with Gasteiger partial charge in [-0.2, -0.15) is 0 Å². The summed E-state index contributed by atoms with van der Waals surface area (Å²) < 4.78 is 0. The summed E-state index contributed by atoms with van der Waals surface area (Å²) in [7, 11) is 3.96. The molecule has 0 spiro atoms. The van der Waals surface area contributed by atoms with E-state index >= 15 is 0 Å². The van der Waals surface area contributed by atoms with Crippen LogP contribution < -0.4 is 16.0 Å². The van der Waals surface area contributed by atoms with Crippen LogP contribution in [0.5, 0.6) is 0 Å². The van der Waals surface area contributed by atoms with E-state index in [0.29, 0.717) is 0 Å². The van der Waals surface area contributed by atoms with Crippen molar-refractivity contribution in [3.63, 3.8) is 0 Å². The minimum absolute atomic E-state index is 0.127. The molecule has 4 nitrogen and oxygen atoms in total. The zero-order chi connectivity index (χ0) is 13.9. The smallest absolute Gasteiger partial charge is 0.241 e. The van der Waals surface area contributed by atoms with Crippen LogP contribution in [0.25, 0.3) is 0 Å². The van der Waals surface area contributed by atoms with Crippen molar-refractivity contribution in [2.24, 2.45) is 11.7 Å². The van der Waals surface area contributed by atoms with Gasteiger partial charge in [-0.3, -0.25) is 4.79 Å². The van der Waals surface area contributed by atoms with Crippen molar-refractivity contribution >= 4 is 17.3 Å². The molecule has 0 unspecified atom stereocenters. The fourth-order valence-electron chi connectivity index (χ4n) is 1.76. The summed E-state index contributed by atoms with van der Waals surface area (Å²) in [6.07, 6.45) is 0. The Morgan fingerprint density at radius 2 is 1.94 bits per heavy atom. The molecule has 0 saturated carbocycles. The van der Waals surface area contributed by atoms with E-state index in [1.165, 1.54) is 0 Å². The SMILES string of the molecule is Cc1c(NC(=O)[C@@H](N)C(C)C)cccc1N(C)C. The molecule has 100 valence electrons. The second kappa shape index (κ2) is 5.87. The van der Waals surface area contributed by atoms with Crippen molar-refractivity contribution < 1.29 is 4.79 Å². The predicted octanol–water partition coefficient (Wildman–Crippen LogP) is 1.98. The van der Waals surface area contributed by atoms with E-state index in [9.17, 15) is 4.79 Å². The normalized spacial score (nSPS) is 12.4. The number of amides is 1. The maximum absolute atomic E-state index is 11.9. The van der Waals surface area contributed by atoms with Crippen molar-refractivity contribution in [1.29, 1.82) is 0 Å². The quantitative estimate of drug-likeness (QED) is 0.858. The minimum atomic E-state index is -0.479. The molecule has 18 heavy (non-hydrogen) atoms. The molecular formula is C14H23N3O. The van der Waals surface area contributed by atoms with Gasteiger partial charge in [0.2, 0.25) is 5.91 Å². The number of hydrogen-bond donors (Lipinski definition) is 2. The van der Waals surface area contributed by atoms with Crippen LogP contribution in [0.15, 0.2) is 18.2 Å². The van der Waals surface area contributed by atoms with Gasteiger partial charge in [0.15, 0.2) is 0 Å². The lowest BCUT2D eigenvalue weighted by Crippen LogP contribution is -2.39. The van der Waals surface area contributed by atoms with Crippen LogP contribution in [0.4, 0.5) is 11.4 Å². The van der Waals surface area contributed by atoms with Crippen LogP contribution in [-0.2, 0) is 4.79 Å². The highest BCUT2D eigenvalue weighted by Crippen LogP contribution is 2.25. The molecule has 0 heterocycles. The molecule has 0 saturated heterocycles. The highest BCUT2D eigenvalue weighted by molar-refractivity contribution is 5.96. The average Bonchev–Trinajstić information content (AvgIpc) is 2.30. The van der Waals surface area contributed by atoms with Crippen molar-refractivity contribution in [2.75, 3.05) is 24.3 Å². The Hall–Kier alpha value is -1.55. The third-order valence-electron chi connectivity index (χ3n) is 3.07. The zero-order valence-corrected chi connectivity index (χ0v) is 11.8. The molecule has 1 rings (SSSR count). The van der Waals surface area contributed by atoms with Crippen molar-refractivity contribution in [1.82, 2.24) is 0 Å². The molecule has 0 aliphatic rings. The summed E-state index contributed by atoms with van der Waals surface area (Å²) in [5, 5.41) is 2.90. The third kappa shape index (κ3) is 3.23. The second-order valence-electron chi connectivity index (χ2n) is 5.10. The number of anilines is 2. The number of rotatable bonds is 4. The van der Waals surface area contributed by atoms with Crippen molar-refractivity contribution in [3.05, 3.63) is 23.8 Å². The van der Waals surface area contributed by atoms with Gasteiger partial charge >= 0.3 is 0 Å². The molecule has 0 fully saturated rings. The molecule has 0 aliphatic carbocycles. The van der Waals surface area contributed by atoms with Gasteiger partial charge in [0.05, 0.1) is 6.04 Å². The molecule has 0 bridgehead atoms. The molecule has 3 N–H and O–H groups in total. The average molecular weight is 249 g/mol. The zero-order valence-electron chi connectivity index (χ0n) is 11.8. The summed E-state index contributed by atoms with van der Waals surface area (Å²) in [5.74, 6) is -0.00802. The molecule has 4 heteroatoms. The molecule has 1 amide bonds. The first-order valence-electron chi connectivity index (χ1n) is 6.18. The van der Waals surface area contributed by atoms with Gasteiger partial charge in [0.25, 0.3) is 0 Å². The highest BCUT2D eigenvalue weighted by atomic mass is 16.2. The van der Waals surface area contributed by atoms with E-state index in [4.69, 9.17) is 5.73 Å². The maximum atomic E-state index is 11.9. The third-order valence-corrected chi connectivity index (χ3v) is 3.07. The highest BCUT2D eigenvalue weighted by Gasteiger charge is 2.18. The summed E-state index contributed by atoms with van der Waals surface area (Å²) in [6, 6.07) is 5.37. The number of carbonyl (C=O) groups excluding carboxylic acids is 1. The fraction of sp³-hybridized carbons (Fsp3) is 0.500. The van der Waals surface area contributed by atoms with E-state index in [-0.39, 0.29) is 11.8 Å². The van der Waals surface area contributed by atoms with Crippen LogP contribution in [0.3, 0.4) is 0 Å². The Morgan fingerprint density at radius 1 is 1.33 bits per heavy atom. The van der Waals surface area contributed by atoms with E-state index in [2.05, 4.69) is 5.32 Å². The molecule has 0 radical (unpaired) electrons. The first kappa shape index (κ1) is 14.5. The number of carbonyl (C=O) groups is 1. The second-order valence-corrected chi connectivity index (χ2v) is 5.10. The largest absolute Gasteiger partial charge is 0.377 e. The van der Waals surface area contributed by atoms with Crippen LogP contribution in [-0.4, -0.2) is 26.0 Å². The first-order chi connectivity index (χ1) is 8.34. The summed E-state index contributed by atoms with van der Waals surface area (Å²) in [4.78, 5) is 14.0. The lowest BCUT2D eigenvalue weighted by molar-refractivity contribution is -0.118. The van der Waals surface area contributed by atoms with Gasteiger partial charge in [0.1, 0.15) is 0 Å². The topological polar surface area (TPSA) is 58.4 Å². The molecule has 0 aromatic heterocycles. The Kier molecular flexibility index (Phi) is 4.73. The molecule has 0 aliphatic heterocycles. The van der Waals surface area contributed by atoms with Gasteiger partial charge < -0.3 is 16.0 Å². The Bertz CT molecular complexity index is 427. The first-order valence-corrected chi connectivity index (χ1v) is 6.18. The van der Waals surface area contributed by atoms with Crippen LogP contribution in [0.2, 0.25) is 0 Å². The van der Waals surface area contributed by atoms with Crippen LogP contribution >= 0.6 is 0 Å². The monoisotopic (exact) mass is 249 g/mol. The van der Waals surface area contributed by atoms with Crippen LogP contribution in [0.1, 0.15) is 19.4 Å². The van der Waals surface area contributed by atoms with Gasteiger partial charge in [-0.05, 0) is 30.5 Å². The van der Waals surface area contributed by atoms with E-state index in [0.717, 1.165) is 16.9 Å². The van der Waals surface area contributed by atoms with E-state index in [1.807, 2.05) is 58.0 Å². The van der Waals surface area contributed by atoms with E-state index < -0.39 is 6.04 Å². The fourth-order valence-corrected chi connectivity index (χ4v) is 1.76. The lowest BCUT2D eigenvalue weighted by atomic mass is 10.0. The Morgan fingerprint density at radius 3 is 2.44 bits per heavy atom. The lowest BCUT2D eigenvalue weighted by Gasteiger charge is -2.20. The van der Waals surface area contributed by atoms with E-state index in [1.54, 1.807) is 0 Å². The van der Waals surface area contributed by atoms with Gasteiger partial charge in [-0.25, -0.2) is 0 Å². The van der Waals surface area contributed by atoms with Crippen molar-refractivity contribution in [3.8, 4) is 0 Å². The number of nitrogens with two attached hydrogens (primary N) is 1. The standard InChI is InChI=1S/C14H23N3O/c1-9(2)13(15)14(18)16-11-7-6-8-12(10(11)3)17(4)5/h6-9,13H,15H2,1-5H3,(H,16,18)/t13-/m0/s1. The predicted molar refractivity (Wildman–Crippen MR) is 76.9 cm³/mol. The number of nitrogens with one attached hydrogen (secondary N) is 1. The Balaban J connectivity index is 2.92. The molecule has 1 aromatic rings. The maximum Gasteiger partial charge on any atom is 0.241 e. The number of benzene rings is 1. The number of nitrogens with zero attached hydrogens (tertiary/aromatic N) is 1. The Labute approximate surface area is 109 Å². The summed E-state index contributed by atoms with van der Waals surface area (Å²) in [5.41, 5.74) is 8.79. The number of hydrogen-bond acceptors (Lipinski definition) is 3. The van der Waals surface area contributed by atoms with Crippen LogP contribution in [0, 0.1) is 12.8 Å².